The number of allylic oxidation sites excluding steroid dienone is 1. The second kappa shape index (κ2) is 3.32. The molecule has 0 amide bonds. The van der Waals surface area contributed by atoms with E-state index in [-0.39, 0.29) is 0 Å². The van der Waals surface area contributed by atoms with Crippen molar-refractivity contribution in [2.24, 2.45) is 0 Å². The van der Waals surface area contributed by atoms with Crippen molar-refractivity contribution in [3.05, 3.63) is 10.2 Å². The average Bonchev–Trinajstić information content (AvgIpc) is 1.62. The van der Waals surface area contributed by atoms with Crippen LogP contribution in [-0.2, 0) is 4.79 Å². The fourth-order valence-electron chi connectivity index (χ4n) is 0.448. The van der Waals surface area contributed by atoms with Crippen molar-refractivity contribution in [1.82, 2.24) is 0 Å². The summed E-state index contributed by atoms with van der Waals surface area (Å²) in [6.45, 7) is 6.54. The fourth-order valence-corrected chi connectivity index (χ4v) is 3.40. The first-order chi connectivity index (χ1) is 3.95. The molecular formula is C6H11BrOSi. The molecule has 0 rings (SSSR count). The zero-order valence-corrected chi connectivity index (χ0v) is 8.53. The van der Waals surface area contributed by atoms with Gasteiger partial charge in [-0.25, -0.2) is 0 Å². The van der Waals surface area contributed by atoms with E-state index >= 15 is 0 Å². The normalized spacial score (nSPS) is 13.6. The molecule has 0 bridgehead atoms. The zero-order chi connectivity index (χ0) is 7.49. The molecular weight excluding hydrogens is 196 g/mol. The summed E-state index contributed by atoms with van der Waals surface area (Å²) in [5.41, 5.74) is 2.01. The van der Waals surface area contributed by atoms with Crippen LogP contribution in [-0.4, -0.2) is 14.4 Å². The standard InChI is InChI=1S/C6H11BrOSi/c1-9(2,3)5-6(7)4-8/h4-5H,1-3H3/b6-5+. The van der Waals surface area contributed by atoms with Gasteiger partial charge < -0.3 is 0 Å². The molecule has 0 aliphatic carbocycles. The largest absolute Gasteiger partial charge is 0.297 e. The van der Waals surface area contributed by atoms with Crippen molar-refractivity contribution in [2.45, 2.75) is 19.6 Å². The van der Waals surface area contributed by atoms with Crippen LogP contribution >= 0.6 is 15.9 Å². The van der Waals surface area contributed by atoms with Crippen LogP contribution in [0.15, 0.2) is 10.2 Å². The minimum absolute atomic E-state index is 0.682. The Morgan fingerprint density at radius 3 is 2.00 bits per heavy atom. The monoisotopic (exact) mass is 206 g/mol. The van der Waals surface area contributed by atoms with Gasteiger partial charge >= 0.3 is 0 Å². The molecule has 0 atom stereocenters. The van der Waals surface area contributed by atoms with Crippen LogP contribution in [0.4, 0.5) is 0 Å². The Kier molecular flexibility index (Phi) is 3.36. The van der Waals surface area contributed by atoms with Crippen LogP contribution < -0.4 is 0 Å². The van der Waals surface area contributed by atoms with Gasteiger partial charge in [0, 0.05) is 4.48 Å². The molecule has 0 radical (unpaired) electrons. The van der Waals surface area contributed by atoms with Crippen LogP contribution in [0.25, 0.3) is 0 Å². The van der Waals surface area contributed by atoms with Crippen molar-refractivity contribution in [3.63, 3.8) is 0 Å². The van der Waals surface area contributed by atoms with Crippen LogP contribution in [0, 0.1) is 0 Å². The highest BCUT2D eigenvalue weighted by Gasteiger charge is 2.08. The number of carbonyl (C=O) groups excluding carboxylic acids is 1. The van der Waals surface area contributed by atoms with E-state index in [2.05, 4.69) is 35.6 Å². The van der Waals surface area contributed by atoms with E-state index in [0.29, 0.717) is 4.48 Å². The van der Waals surface area contributed by atoms with E-state index < -0.39 is 8.07 Å². The van der Waals surface area contributed by atoms with E-state index in [1.807, 2.05) is 5.70 Å². The highest BCUT2D eigenvalue weighted by Crippen LogP contribution is 2.09. The van der Waals surface area contributed by atoms with Gasteiger partial charge in [-0.1, -0.05) is 25.3 Å². The Bertz CT molecular complexity index is 134. The molecule has 0 unspecified atom stereocenters. The molecule has 1 nitrogen and oxygen atoms in total. The number of hydrogen-bond donors (Lipinski definition) is 0. The Morgan fingerprint density at radius 1 is 1.44 bits per heavy atom. The number of hydrogen-bond acceptors (Lipinski definition) is 1. The highest BCUT2D eigenvalue weighted by atomic mass is 79.9. The lowest BCUT2D eigenvalue weighted by atomic mass is 10.7. The second-order valence-corrected chi connectivity index (χ2v) is 8.95. The highest BCUT2D eigenvalue weighted by molar-refractivity contribution is 9.12. The topological polar surface area (TPSA) is 17.1 Å². The van der Waals surface area contributed by atoms with Gasteiger partial charge in [0.1, 0.15) is 0 Å². The third-order valence-electron chi connectivity index (χ3n) is 0.683. The lowest BCUT2D eigenvalue weighted by molar-refractivity contribution is -0.104. The van der Waals surface area contributed by atoms with Crippen molar-refractivity contribution in [1.29, 1.82) is 0 Å². The first-order valence-electron chi connectivity index (χ1n) is 2.79. The van der Waals surface area contributed by atoms with Gasteiger partial charge in [0.05, 0.1) is 8.07 Å². The summed E-state index contributed by atoms with van der Waals surface area (Å²) >= 11 is 3.14. The molecule has 0 N–H and O–H groups in total. The molecule has 3 heteroatoms. The maximum atomic E-state index is 10.1. The zero-order valence-electron chi connectivity index (χ0n) is 5.94. The van der Waals surface area contributed by atoms with Crippen LogP contribution in [0.2, 0.25) is 19.6 Å². The Hall–Kier alpha value is 0.107. The Morgan fingerprint density at radius 2 is 1.89 bits per heavy atom. The molecule has 0 spiro atoms. The van der Waals surface area contributed by atoms with Crippen molar-refractivity contribution < 1.29 is 4.79 Å². The summed E-state index contributed by atoms with van der Waals surface area (Å²) in [6.07, 6.45) is 0.832. The lowest BCUT2D eigenvalue weighted by Gasteiger charge is -2.07. The smallest absolute Gasteiger partial charge is 0.156 e. The maximum absolute atomic E-state index is 10.1. The van der Waals surface area contributed by atoms with Gasteiger partial charge in [-0.15, -0.1) is 0 Å². The number of rotatable bonds is 2. The predicted octanol–water partition coefficient (Wildman–Crippen LogP) is 2.34. The molecule has 52 valence electrons. The van der Waals surface area contributed by atoms with E-state index in [9.17, 15) is 4.79 Å². The summed E-state index contributed by atoms with van der Waals surface area (Å²) in [5, 5.41) is 0. The predicted molar refractivity (Wildman–Crippen MR) is 46.4 cm³/mol. The van der Waals surface area contributed by atoms with Crippen LogP contribution in [0.3, 0.4) is 0 Å². The number of halogens is 1. The molecule has 0 aliphatic rings. The third-order valence-corrected chi connectivity index (χ3v) is 2.70. The van der Waals surface area contributed by atoms with Crippen LogP contribution in [0.1, 0.15) is 0 Å². The van der Waals surface area contributed by atoms with Gasteiger partial charge in [-0.2, -0.15) is 0 Å². The molecule has 0 heterocycles. The lowest BCUT2D eigenvalue weighted by Crippen LogP contribution is -2.16. The van der Waals surface area contributed by atoms with Crippen molar-refractivity contribution in [3.8, 4) is 0 Å². The van der Waals surface area contributed by atoms with E-state index in [0.717, 1.165) is 6.29 Å². The van der Waals surface area contributed by atoms with Gasteiger partial charge in [-0.05, 0) is 15.9 Å². The van der Waals surface area contributed by atoms with E-state index in [4.69, 9.17) is 0 Å². The number of carbonyl (C=O) groups is 1. The molecule has 0 aliphatic heterocycles. The summed E-state index contributed by atoms with van der Waals surface area (Å²) in [4.78, 5) is 10.1. The first-order valence-corrected chi connectivity index (χ1v) is 7.16. The minimum Gasteiger partial charge on any atom is -0.297 e. The SMILES string of the molecule is C[Si](C)(C)/C=C(/Br)C=O. The average molecular weight is 207 g/mol. The van der Waals surface area contributed by atoms with Gasteiger partial charge in [-0.3, -0.25) is 4.79 Å². The maximum Gasteiger partial charge on any atom is 0.156 e. The molecule has 0 aromatic rings. The summed E-state index contributed by atoms with van der Waals surface area (Å²) in [6, 6.07) is 0. The molecule has 0 fully saturated rings. The van der Waals surface area contributed by atoms with E-state index in [1.54, 1.807) is 0 Å². The first kappa shape index (κ1) is 9.11. The van der Waals surface area contributed by atoms with E-state index in [1.165, 1.54) is 0 Å². The van der Waals surface area contributed by atoms with Gasteiger partial charge in [0.2, 0.25) is 0 Å². The Balaban J connectivity index is 4.11. The summed E-state index contributed by atoms with van der Waals surface area (Å²) in [5.74, 6) is 0. The van der Waals surface area contributed by atoms with Crippen molar-refractivity contribution >= 4 is 30.3 Å². The third kappa shape index (κ3) is 5.99. The van der Waals surface area contributed by atoms with Crippen LogP contribution in [0.5, 0.6) is 0 Å². The Labute approximate surface area is 65.3 Å². The second-order valence-electron chi connectivity index (χ2n) is 3.01. The summed E-state index contributed by atoms with van der Waals surface area (Å²) in [7, 11) is -1.18. The van der Waals surface area contributed by atoms with Gasteiger partial charge in [0.25, 0.3) is 0 Å². The molecule has 9 heavy (non-hydrogen) atoms. The summed E-state index contributed by atoms with van der Waals surface area (Å²) < 4.78 is 0.682. The molecule has 0 saturated heterocycles. The quantitative estimate of drug-likeness (QED) is 0.386. The fraction of sp³-hybridized carbons (Fsp3) is 0.500. The minimum atomic E-state index is -1.18. The van der Waals surface area contributed by atoms with Gasteiger partial charge in [0.15, 0.2) is 6.29 Å². The molecule has 0 aromatic heterocycles. The molecule has 0 aromatic carbocycles. The number of aldehydes is 1. The molecule has 0 saturated carbocycles. The van der Waals surface area contributed by atoms with Crippen molar-refractivity contribution in [2.75, 3.05) is 0 Å².